The van der Waals surface area contributed by atoms with Gasteiger partial charge in [0.15, 0.2) is 0 Å². The molecule has 2 saturated carbocycles. The van der Waals surface area contributed by atoms with Crippen LogP contribution in [0.25, 0.3) is 21.7 Å². The molecule has 0 bridgehead atoms. The Kier molecular flexibility index (Phi) is 3.86. The number of thiophene rings is 1. The minimum Gasteiger partial charge on any atom is -0.335 e. The molecule has 3 aromatic rings. The summed E-state index contributed by atoms with van der Waals surface area (Å²) in [4.78, 5) is 22.7. The Morgan fingerprint density at radius 3 is 2.67 bits per heavy atom. The maximum absolute atomic E-state index is 13.7. The molecule has 1 atom stereocenters. The van der Waals surface area contributed by atoms with Gasteiger partial charge >= 0.3 is 0 Å². The molecule has 3 aromatic heterocycles. The number of nitrogens with zero attached hydrogens (tertiary/aromatic N) is 3. The number of fused-ring (bicyclic) bond motifs is 1. The topological polar surface area (TPSA) is 59.2 Å². The lowest BCUT2D eigenvalue weighted by atomic mass is 10.1. The van der Waals surface area contributed by atoms with Crippen molar-refractivity contribution in [2.75, 3.05) is 0 Å². The zero-order valence-corrected chi connectivity index (χ0v) is 16.7. The van der Waals surface area contributed by atoms with E-state index >= 15 is 0 Å². The average molecular weight is 382 g/mol. The minimum atomic E-state index is 0.102. The molecule has 0 spiro atoms. The first-order chi connectivity index (χ1) is 13.0. The van der Waals surface area contributed by atoms with E-state index < -0.39 is 0 Å². The molecule has 2 aliphatic carbocycles. The smallest absolute Gasteiger partial charge is 0.259 e. The Morgan fingerprint density at radius 2 is 2.04 bits per heavy atom. The molecule has 0 radical (unpaired) electrons. The molecule has 2 aliphatic rings. The maximum atomic E-state index is 13.7. The van der Waals surface area contributed by atoms with E-state index in [-0.39, 0.29) is 5.91 Å². The summed E-state index contributed by atoms with van der Waals surface area (Å²) < 4.78 is 5.46. The van der Waals surface area contributed by atoms with Gasteiger partial charge in [-0.2, -0.15) is 0 Å². The second kappa shape index (κ2) is 6.16. The Hall–Kier alpha value is -2.21. The number of carbonyl (C=O) groups excluding carboxylic acids is 1. The molecule has 140 valence electrons. The number of carbonyl (C=O) groups is 1. The molecular weight excluding hydrogens is 358 g/mol. The number of hydrogen-bond donors (Lipinski definition) is 0. The Labute approximate surface area is 162 Å². The van der Waals surface area contributed by atoms with Gasteiger partial charge in [0.2, 0.25) is 0 Å². The number of aryl methyl sites for hydroxylation is 2. The first kappa shape index (κ1) is 16.9. The Morgan fingerprint density at radius 1 is 1.26 bits per heavy atom. The molecule has 6 heteroatoms. The normalized spacial score (nSPS) is 18.0. The molecule has 0 aromatic carbocycles. The number of hydrogen-bond acceptors (Lipinski definition) is 5. The van der Waals surface area contributed by atoms with Gasteiger partial charge in [-0.25, -0.2) is 4.98 Å². The van der Waals surface area contributed by atoms with Crippen molar-refractivity contribution >= 4 is 28.3 Å². The molecule has 5 rings (SSSR count). The van der Waals surface area contributed by atoms with E-state index in [0.717, 1.165) is 34.5 Å². The molecule has 0 aliphatic heterocycles. The van der Waals surface area contributed by atoms with Crippen molar-refractivity contribution in [3.05, 3.63) is 34.3 Å². The van der Waals surface area contributed by atoms with Crippen LogP contribution in [-0.4, -0.2) is 33.0 Å². The number of amides is 1. The van der Waals surface area contributed by atoms with Gasteiger partial charge in [-0.15, -0.1) is 11.3 Å². The zero-order chi connectivity index (χ0) is 18.7. The summed E-state index contributed by atoms with van der Waals surface area (Å²) in [6.45, 7) is 6.16. The second-order valence-corrected chi connectivity index (χ2v) is 9.22. The quantitative estimate of drug-likeness (QED) is 0.626. The van der Waals surface area contributed by atoms with Crippen LogP contribution in [0.3, 0.4) is 0 Å². The van der Waals surface area contributed by atoms with Crippen LogP contribution >= 0.6 is 11.3 Å². The van der Waals surface area contributed by atoms with Crippen LogP contribution < -0.4 is 0 Å². The zero-order valence-electron chi connectivity index (χ0n) is 15.9. The van der Waals surface area contributed by atoms with Gasteiger partial charge in [-0.1, -0.05) is 5.16 Å². The van der Waals surface area contributed by atoms with Crippen molar-refractivity contribution in [1.82, 2.24) is 15.0 Å². The predicted octanol–water partition coefficient (Wildman–Crippen LogP) is 4.97. The fraction of sp³-hybridized carbons (Fsp3) is 0.476. The second-order valence-electron chi connectivity index (χ2n) is 7.94. The Bertz CT molecular complexity index is 1030. The molecule has 0 saturated heterocycles. The standard InChI is InChI=1S/C21H23N3O2S/c1-11-4-9-18(27-11)17-10-16(19-12(2)23-26-20(19)22-17)21(25)24(15-7-8-15)13(3)14-5-6-14/h4,9-10,13-15H,5-8H2,1-3H3/t13-/m1/s1. The van der Waals surface area contributed by atoms with Gasteiger partial charge in [-0.05, 0) is 70.6 Å². The molecule has 1 amide bonds. The molecule has 2 fully saturated rings. The largest absolute Gasteiger partial charge is 0.335 e. The van der Waals surface area contributed by atoms with E-state index in [1.54, 1.807) is 11.3 Å². The van der Waals surface area contributed by atoms with Crippen molar-refractivity contribution in [1.29, 1.82) is 0 Å². The first-order valence-electron chi connectivity index (χ1n) is 9.69. The lowest BCUT2D eigenvalue weighted by Crippen LogP contribution is -2.41. The summed E-state index contributed by atoms with van der Waals surface area (Å²) in [6.07, 6.45) is 4.68. The Balaban J connectivity index is 1.63. The van der Waals surface area contributed by atoms with Crippen LogP contribution in [0.2, 0.25) is 0 Å². The van der Waals surface area contributed by atoms with Gasteiger partial charge < -0.3 is 9.42 Å². The highest BCUT2D eigenvalue weighted by Crippen LogP contribution is 2.41. The van der Waals surface area contributed by atoms with Crippen LogP contribution in [0.1, 0.15) is 53.5 Å². The fourth-order valence-corrected chi connectivity index (χ4v) is 4.77. The van der Waals surface area contributed by atoms with Crippen molar-refractivity contribution in [3.63, 3.8) is 0 Å². The summed E-state index contributed by atoms with van der Waals surface area (Å²) in [5.74, 6) is 0.750. The van der Waals surface area contributed by atoms with Crippen molar-refractivity contribution < 1.29 is 9.32 Å². The number of rotatable bonds is 5. The third-order valence-electron chi connectivity index (χ3n) is 5.76. The third-order valence-corrected chi connectivity index (χ3v) is 6.78. The maximum Gasteiger partial charge on any atom is 0.259 e. The number of aromatic nitrogens is 2. The van der Waals surface area contributed by atoms with E-state index in [1.165, 1.54) is 17.7 Å². The molecule has 27 heavy (non-hydrogen) atoms. The van der Waals surface area contributed by atoms with Crippen molar-refractivity contribution in [3.8, 4) is 10.6 Å². The average Bonchev–Trinajstić information content (AvgIpc) is 3.58. The lowest BCUT2D eigenvalue weighted by molar-refractivity contribution is 0.0656. The van der Waals surface area contributed by atoms with Crippen molar-refractivity contribution in [2.24, 2.45) is 5.92 Å². The van der Waals surface area contributed by atoms with Gasteiger partial charge in [0.05, 0.1) is 27.2 Å². The van der Waals surface area contributed by atoms with Gasteiger partial charge in [0.1, 0.15) is 0 Å². The lowest BCUT2D eigenvalue weighted by Gasteiger charge is -2.30. The monoisotopic (exact) mass is 381 g/mol. The van der Waals surface area contributed by atoms with E-state index in [2.05, 4.69) is 41.0 Å². The van der Waals surface area contributed by atoms with Crippen molar-refractivity contribution in [2.45, 2.75) is 58.5 Å². The van der Waals surface area contributed by atoms with E-state index in [4.69, 9.17) is 4.52 Å². The first-order valence-corrected chi connectivity index (χ1v) is 10.5. The van der Waals surface area contributed by atoms with Gasteiger partial charge in [0, 0.05) is 17.0 Å². The number of pyridine rings is 1. The predicted molar refractivity (Wildman–Crippen MR) is 106 cm³/mol. The van der Waals surface area contributed by atoms with Crippen LogP contribution in [-0.2, 0) is 0 Å². The van der Waals surface area contributed by atoms with Crippen LogP contribution in [0.4, 0.5) is 0 Å². The van der Waals surface area contributed by atoms with E-state index in [9.17, 15) is 4.79 Å². The minimum absolute atomic E-state index is 0.102. The molecule has 3 heterocycles. The highest BCUT2D eigenvalue weighted by atomic mass is 32.1. The molecule has 0 N–H and O–H groups in total. The summed E-state index contributed by atoms with van der Waals surface area (Å²) in [6, 6.07) is 6.74. The summed E-state index contributed by atoms with van der Waals surface area (Å²) >= 11 is 1.68. The van der Waals surface area contributed by atoms with Gasteiger partial charge in [0.25, 0.3) is 11.6 Å². The van der Waals surface area contributed by atoms with Crippen LogP contribution in [0.15, 0.2) is 22.7 Å². The van der Waals surface area contributed by atoms with E-state index in [0.29, 0.717) is 29.3 Å². The SMILES string of the molecule is Cc1ccc(-c2cc(C(=O)N(C3CC3)[C@H](C)C3CC3)c3c(C)noc3n2)s1. The molecule has 0 unspecified atom stereocenters. The highest BCUT2D eigenvalue weighted by molar-refractivity contribution is 7.15. The summed E-state index contributed by atoms with van der Waals surface area (Å²) in [5.41, 5.74) is 2.65. The fourth-order valence-electron chi connectivity index (χ4n) is 3.94. The van der Waals surface area contributed by atoms with Crippen LogP contribution in [0, 0.1) is 19.8 Å². The summed E-state index contributed by atoms with van der Waals surface area (Å²) in [5, 5.41) is 4.84. The highest BCUT2D eigenvalue weighted by Gasteiger charge is 2.42. The van der Waals surface area contributed by atoms with Gasteiger partial charge in [-0.3, -0.25) is 4.79 Å². The summed E-state index contributed by atoms with van der Waals surface area (Å²) in [7, 11) is 0. The molecular formula is C21H23N3O2S. The van der Waals surface area contributed by atoms with E-state index in [1.807, 2.05) is 13.0 Å². The van der Waals surface area contributed by atoms with Crippen LogP contribution in [0.5, 0.6) is 0 Å². The molecule has 5 nitrogen and oxygen atoms in total. The third kappa shape index (κ3) is 2.96.